The summed E-state index contributed by atoms with van der Waals surface area (Å²) in [6.45, 7) is 7.04. The highest BCUT2D eigenvalue weighted by molar-refractivity contribution is 8.13. The van der Waals surface area contributed by atoms with Gasteiger partial charge in [-0.2, -0.15) is 0 Å². The Balaban J connectivity index is 2.76. The van der Waals surface area contributed by atoms with Gasteiger partial charge in [0.15, 0.2) is 5.82 Å². The second-order valence-electron chi connectivity index (χ2n) is 5.71. The van der Waals surface area contributed by atoms with E-state index in [9.17, 15) is 12.8 Å². The Morgan fingerprint density at radius 1 is 1.24 bits per heavy atom. The van der Waals surface area contributed by atoms with Crippen LogP contribution in [0.3, 0.4) is 0 Å². The quantitative estimate of drug-likeness (QED) is 0.793. The molecule has 1 heterocycles. The smallest absolute Gasteiger partial charge is 0.291 e. The monoisotopic (exact) mass is 331 g/mol. The summed E-state index contributed by atoms with van der Waals surface area (Å²) >= 11 is 0. The Bertz CT molecular complexity index is 794. The molecule has 0 fully saturated rings. The molecule has 0 aliphatic carbocycles. The predicted octanol–water partition coefficient (Wildman–Crippen LogP) is 3.08. The molecule has 0 aliphatic heterocycles. The van der Waals surface area contributed by atoms with Gasteiger partial charge in [-0.3, -0.25) is 4.57 Å². The third kappa shape index (κ3) is 3.08. The summed E-state index contributed by atoms with van der Waals surface area (Å²) in [5.74, 6) is -0.0180. The first-order valence-electron chi connectivity index (χ1n) is 6.19. The van der Waals surface area contributed by atoms with Gasteiger partial charge in [0.1, 0.15) is 5.82 Å². The van der Waals surface area contributed by atoms with Crippen LogP contribution in [-0.4, -0.2) is 23.2 Å². The molecule has 21 heavy (non-hydrogen) atoms. The molecule has 1 aromatic heterocycles. The zero-order valence-electron chi connectivity index (χ0n) is 12.1. The van der Waals surface area contributed by atoms with Gasteiger partial charge in [0.25, 0.3) is 14.2 Å². The third-order valence-electron chi connectivity index (χ3n) is 2.94. The van der Waals surface area contributed by atoms with Crippen LogP contribution in [0.1, 0.15) is 26.3 Å². The van der Waals surface area contributed by atoms with Crippen LogP contribution in [0, 0.1) is 12.7 Å². The van der Waals surface area contributed by atoms with Gasteiger partial charge in [-0.15, -0.1) is 10.2 Å². The lowest BCUT2D eigenvalue weighted by atomic mass is 10.1. The van der Waals surface area contributed by atoms with Crippen LogP contribution in [0.15, 0.2) is 23.4 Å². The molecule has 0 amide bonds. The second kappa shape index (κ2) is 5.06. The maximum absolute atomic E-state index is 13.4. The highest BCUT2D eigenvalue weighted by Crippen LogP contribution is 2.30. The van der Waals surface area contributed by atoms with E-state index in [0.717, 1.165) is 0 Å². The van der Waals surface area contributed by atoms with E-state index in [0.29, 0.717) is 17.0 Å². The van der Waals surface area contributed by atoms with E-state index in [4.69, 9.17) is 10.7 Å². The summed E-state index contributed by atoms with van der Waals surface area (Å²) < 4.78 is 38.1. The van der Waals surface area contributed by atoms with Crippen LogP contribution in [0.2, 0.25) is 0 Å². The molecule has 0 radical (unpaired) electrons. The molecule has 0 N–H and O–H groups in total. The van der Waals surface area contributed by atoms with Gasteiger partial charge in [-0.1, -0.05) is 0 Å². The molecule has 0 unspecified atom stereocenters. The number of aromatic nitrogens is 3. The fourth-order valence-corrected chi connectivity index (χ4v) is 3.02. The molecule has 0 aliphatic rings. The van der Waals surface area contributed by atoms with Crippen molar-refractivity contribution in [3.63, 3.8) is 0 Å². The summed E-state index contributed by atoms with van der Waals surface area (Å²) in [5, 5.41) is 7.27. The van der Waals surface area contributed by atoms with Crippen LogP contribution >= 0.6 is 10.7 Å². The van der Waals surface area contributed by atoms with Crippen molar-refractivity contribution in [2.45, 2.75) is 38.4 Å². The van der Waals surface area contributed by atoms with Crippen molar-refractivity contribution in [3.8, 4) is 11.4 Å². The van der Waals surface area contributed by atoms with E-state index in [1.54, 1.807) is 13.0 Å². The van der Waals surface area contributed by atoms with Crippen molar-refractivity contribution in [1.29, 1.82) is 0 Å². The average Bonchev–Trinajstić information content (AvgIpc) is 2.76. The number of nitrogens with zero attached hydrogens (tertiary/aromatic N) is 3. The minimum atomic E-state index is -4.03. The molecule has 1 aromatic carbocycles. The van der Waals surface area contributed by atoms with Crippen LogP contribution in [-0.2, 0) is 14.6 Å². The second-order valence-corrected chi connectivity index (χ2v) is 8.17. The van der Waals surface area contributed by atoms with E-state index in [1.165, 1.54) is 16.7 Å². The first kappa shape index (κ1) is 15.9. The van der Waals surface area contributed by atoms with E-state index in [2.05, 4.69) is 10.2 Å². The summed E-state index contributed by atoms with van der Waals surface area (Å²) in [6, 6.07) is 4.42. The Morgan fingerprint density at radius 2 is 1.86 bits per heavy atom. The molecule has 2 aromatic rings. The lowest BCUT2D eigenvalue weighted by Gasteiger charge is -2.24. The maximum atomic E-state index is 13.4. The topological polar surface area (TPSA) is 64.8 Å². The molecule has 8 heteroatoms. The van der Waals surface area contributed by atoms with Gasteiger partial charge < -0.3 is 0 Å². The highest BCUT2D eigenvalue weighted by atomic mass is 35.7. The van der Waals surface area contributed by atoms with Gasteiger partial charge in [0, 0.05) is 21.8 Å². The SMILES string of the molecule is Cc1cc(-c2nnc(S(=O)(=O)Cl)n2C(C)(C)C)ccc1F. The van der Waals surface area contributed by atoms with Crippen molar-refractivity contribution in [2.24, 2.45) is 0 Å². The molecule has 0 atom stereocenters. The number of halogens is 2. The fraction of sp³-hybridized carbons (Fsp3) is 0.385. The minimum Gasteiger partial charge on any atom is -0.291 e. The van der Waals surface area contributed by atoms with Crippen LogP contribution in [0.25, 0.3) is 11.4 Å². The zero-order chi connectivity index (χ0) is 16.0. The lowest BCUT2D eigenvalue weighted by molar-refractivity contribution is 0.367. The number of rotatable bonds is 2. The van der Waals surface area contributed by atoms with Gasteiger partial charge in [-0.05, 0) is 51.5 Å². The number of benzene rings is 1. The molecule has 0 bridgehead atoms. The number of aryl methyl sites for hydroxylation is 1. The molecule has 0 saturated heterocycles. The first-order chi connectivity index (χ1) is 9.51. The average molecular weight is 332 g/mol. The van der Waals surface area contributed by atoms with Crippen LogP contribution < -0.4 is 0 Å². The van der Waals surface area contributed by atoms with Gasteiger partial charge in [0.2, 0.25) is 0 Å². The van der Waals surface area contributed by atoms with Gasteiger partial charge in [0.05, 0.1) is 0 Å². The van der Waals surface area contributed by atoms with E-state index >= 15 is 0 Å². The van der Waals surface area contributed by atoms with Crippen molar-refractivity contribution >= 4 is 19.7 Å². The third-order valence-corrected chi connectivity index (χ3v) is 4.05. The molecular formula is C13H15ClFN3O2S. The largest absolute Gasteiger partial charge is 0.296 e. The summed E-state index contributed by atoms with van der Waals surface area (Å²) in [7, 11) is 1.38. The van der Waals surface area contributed by atoms with Crippen LogP contribution in [0.4, 0.5) is 4.39 Å². The maximum Gasteiger partial charge on any atom is 0.296 e. The van der Waals surface area contributed by atoms with E-state index in [1.807, 2.05) is 20.8 Å². The van der Waals surface area contributed by atoms with E-state index < -0.39 is 14.6 Å². The van der Waals surface area contributed by atoms with Crippen molar-refractivity contribution in [1.82, 2.24) is 14.8 Å². The van der Waals surface area contributed by atoms with Crippen molar-refractivity contribution in [3.05, 3.63) is 29.6 Å². The Morgan fingerprint density at radius 3 is 2.33 bits per heavy atom. The molecule has 0 saturated carbocycles. The molecule has 5 nitrogen and oxygen atoms in total. The summed E-state index contributed by atoms with van der Waals surface area (Å²) in [4.78, 5) is 0. The predicted molar refractivity (Wildman–Crippen MR) is 78.2 cm³/mol. The Hall–Kier alpha value is -1.47. The van der Waals surface area contributed by atoms with Crippen LogP contribution in [0.5, 0.6) is 0 Å². The Kier molecular flexibility index (Phi) is 3.84. The first-order valence-corrected chi connectivity index (χ1v) is 8.50. The molecule has 2 rings (SSSR count). The fourth-order valence-electron chi connectivity index (χ4n) is 2.00. The normalized spacial score (nSPS) is 12.7. The molecule has 114 valence electrons. The summed E-state index contributed by atoms with van der Waals surface area (Å²) in [5.41, 5.74) is 0.396. The number of hydrogen-bond donors (Lipinski definition) is 0. The highest BCUT2D eigenvalue weighted by Gasteiger charge is 2.30. The van der Waals surface area contributed by atoms with Gasteiger partial charge in [-0.25, -0.2) is 12.8 Å². The summed E-state index contributed by atoms with van der Waals surface area (Å²) in [6.07, 6.45) is 0. The van der Waals surface area contributed by atoms with Crippen molar-refractivity contribution < 1.29 is 12.8 Å². The lowest BCUT2D eigenvalue weighted by Crippen LogP contribution is -2.25. The number of hydrogen-bond acceptors (Lipinski definition) is 4. The molecular weight excluding hydrogens is 317 g/mol. The zero-order valence-corrected chi connectivity index (χ0v) is 13.6. The molecule has 0 spiro atoms. The van der Waals surface area contributed by atoms with Crippen molar-refractivity contribution in [2.75, 3.05) is 0 Å². The minimum absolute atomic E-state index is 0.324. The van der Waals surface area contributed by atoms with Gasteiger partial charge >= 0.3 is 0 Å². The Labute approximate surface area is 127 Å². The standard InChI is InChI=1S/C13H15ClFN3O2S/c1-8-7-9(5-6-10(8)15)11-16-17-12(21(14,19)20)18(11)13(2,3)4/h5-7H,1-4H3. The van der Waals surface area contributed by atoms with E-state index in [-0.39, 0.29) is 11.0 Å².